The van der Waals surface area contributed by atoms with Crippen molar-refractivity contribution in [3.8, 4) is 0 Å². The van der Waals surface area contributed by atoms with Crippen molar-refractivity contribution in [2.75, 3.05) is 13.1 Å². The van der Waals surface area contributed by atoms with E-state index < -0.39 is 5.97 Å². The highest BCUT2D eigenvalue weighted by Crippen LogP contribution is 2.38. The Bertz CT molecular complexity index is 396. The van der Waals surface area contributed by atoms with E-state index in [0.29, 0.717) is 17.9 Å². The molecule has 0 saturated carbocycles. The second-order valence-corrected chi connectivity index (χ2v) is 6.52. The summed E-state index contributed by atoms with van der Waals surface area (Å²) in [6.45, 7) is 8.11. The van der Waals surface area contributed by atoms with Crippen molar-refractivity contribution in [3.63, 3.8) is 0 Å². The molecule has 0 bridgehead atoms. The Labute approximate surface area is 112 Å². The van der Waals surface area contributed by atoms with E-state index in [4.69, 9.17) is 5.11 Å². The van der Waals surface area contributed by atoms with E-state index in [1.54, 1.807) is 11.3 Å². The molecule has 100 valence electrons. The van der Waals surface area contributed by atoms with Crippen LogP contribution in [0.3, 0.4) is 0 Å². The number of carboxylic acids is 1. The highest BCUT2D eigenvalue weighted by molar-refractivity contribution is 7.10. The van der Waals surface area contributed by atoms with Crippen molar-refractivity contribution in [2.24, 2.45) is 17.8 Å². The van der Waals surface area contributed by atoms with E-state index in [1.807, 2.05) is 6.92 Å². The van der Waals surface area contributed by atoms with Crippen LogP contribution in [0, 0.1) is 17.8 Å². The van der Waals surface area contributed by atoms with Crippen molar-refractivity contribution in [2.45, 2.75) is 26.8 Å². The van der Waals surface area contributed by atoms with Gasteiger partial charge in [-0.1, -0.05) is 26.8 Å². The molecule has 1 aromatic heterocycles. The topological polar surface area (TPSA) is 40.5 Å². The largest absolute Gasteiger partial charge is 0.481 e. The summed E-state index contributed by atoms with van der Waals surface area (Å²) in [5.74, 6) is -0.0253. The molecule has 4 heteroatoms. The first-order chi connectivity index (χ1) is 8.50. The van der Waals surface area contributed by atoms with Crippen LogP contribution in [-0.4, -0.2) is 29.1 Å². The lowest BCUT2D eigenvalue weighted by Gasteiger charge is -2.47. The monoisotopic (exact) mass is 267 g/mol. The predicted octanol–water partition coefficient (Wildman–Crippen LogP) is 3.10. The quantitative estimate of drug-likeness (QED) is 0.891. The number of hydrogen-bond donors (Lipinski definition) is 1. The maximum atomic E-state index is 11.0. The number of rotatable bonds is 5. The third kappa shape index (κ3) is 2.59. The van der Waals surface area contributed by atoms with E-state index in [1.165, 1.54) is 4.88 Å². The van der Waals surface area contributed by atoms with Gasteiger partial charge in [0.15, 0.2) is 0 Å². The fourth-order valence-corrected chi connectivity index (χ4v) is 3.72. The van der Waals surface area contributed by atoms with Crippen molar-refractivity contribution in [1.29, 1.82) is 0 Å². The highest BCUT2D eigenvalue weighted by atomic mass is 32.1. The average molecular weight is 267 g/mol. The van der Waals surface area contributed by atoms with Gasteiger partial charge in [0.1, 0.15) is 0 Å². The molecule has 2 rings (SSSR count). The van der Waals surface area contributed by atoms with E-state index in [0.717, 1.165) is 13.1 Å². The lowest BCUT2D eigenvalue weighted by atomic mass is 9.84. The van der Waals surface area contributed by atoms with Gasteiger partial charge in [0.2, 0.25) is 0 Å². The van der Waals surface area contributed by atoms with Crippen LogP contribution in [-0.2, 0) is 4.79 Å². The van der Waals surface area contributed by atoms with E-state index in [9.17, 15) is 4.79 Å². The van der Waals surface area contributed by atoms with Crippen LogP contribution >= 0.6 is 11.3 Å². The molecule has 1 fully saturated rings. The summed E-state index contributed by atoms with van der Waals surface area (Å²) in [5.41, 5.74) is 0. The first-order valence-electron chi connectivity index (χ1n) is 6.51. The zero-order valence-electron chi connectivity index (χ0n) is 11.2. The number of carbonyl (C=O) groups is 1. The van der Waals surface area contributed by atoms with Gasteiger partial charge in [0.25, 0.3) is 0 Å². The molecule has 1 N–H and O–H groups in total. The Balaban J connectivity index is 1.99. The zero-order valence-corrected chi connectivity index (χ0v) is 12.0. The van der Waals surface area contributed by atoms with Crippen molar-refractivity contribution >= 4 is 17.3 Å². The van der Waals surface area contributed by atoms with Crippen molar-refractivity contribution < 1.29 is 9.90 Å². The smallest absolute Gasteiger partial charge is 0.306 e. The van der Waals surface area contributed by atoms with Gasteiger partial charge in [-0.15, -0.1) is 11.3 Å². The molecule has 0 aliphatic carbocycles. The van der Waals surface area contributed by atoms with E-state index in [-0.39, 0.29) is 5.92 Å². The minimum Gasteiger partial charge on any atom is -0.481 e. The summed E-state index contributed by atoms with van der Waals surface area (Å²) in [4.78, 5) is 14.8. The standard InChI is InChI=1S/C14H21NO2S/c1-9(2)13(12-5-4-6-18-12)15-7-11(8-15)10(3)14(16)17/h4-6,9-11,13H,7-8H2,1-3H3,(H,16,17). The minimum atomic E-state index is -0.670. The zero-order chi connectivity index (χ0) is 13.3. The molecule has 3 nitrogen and oxygen atoms in total. The first kappa shape index (κ1) is 13.6. The molecule has 0 spiro atoms. The maximum Gasteiger partial charge on any atom is 0.306 e. The molecule has 18 heavy (non-hydrogen) atoms. The molecular formula is C14H21NO2S. The van der Waals surface area contributed by atoms with Crippen LogP contribution < -0.4 is 0 Å². The van der Waals surface area contributed by atoms with Gasteiger partial charge in [0.05, 0.1) is 5.92 Å². The minimum absolute atomic E-state index is 0.225. The molecule has 0 aromatic carbocycles. The van der Waals surface area contributed by atoms with Gasteiger partial charge in [0, 0.05) is 24.0 Å². The van der Waals surface area contributed by atoms with Crippen LogP contribution in [0.25, 0.3) is 0 Å². The number of hydrogen-bond acceptors (Lipinski definition) is 3. The molecule has 2 atom stereocenters. The summed E-state index contributed by atoms with van der Waals surface area (Å²) in [6, 6.07) is 4.72. The highest BCUT2D eigenvalue weighted by Gasteiger charge is 2.39. The predicted molar refractivity (Wildman–Crippen MR) is 73.8 cm³/mol. The maximum absolute atomic E-state index is 11.0. The lowest BCUT2D eigenvalue weighted by molar-refractivity contribution is -0.146. The molecule has 0 amide bonds. The molecule has 0 radical (unpaired) electrons. The van der Waals surface area contributed by atoms with Gasteiger partial charge in [-0.05, 0) is 23.3 Å². The van der Waals surface area contributed by atoms with Crippen LogP contribution in [0.2, 0.25) is 0 Å². The van der Waals surface area contributed by atoms with Gasteiger partial charge in [-0.3, -0.25) is 9.69 Å². The number of aliphatic carboxylic acids is 1. The molecule has 2 unspecified atom stereocenters. The SMILES string of the molecule is CC(C)C(c1cccs1)N1CC(C(C)C(=O)O)C1. The van der Waals surface area contributed by atoms with Crippen LogP contribution in [0.4, 0.5) is 0 Å². The van der Waals surface area contributed by atoms with Crippen LogP contribution in [0.5, 0.6) is 0 Å². The number of likely N-dealkylation sites (tertiary alicyclic amines) is 1. The number of carboxylic acid groups (broad SMARTS) is 1. The fourth-order valence-electron chi connectivity index (χ4n) is 2.68. The summed E-state index contributed by atoms with van der Waals surface area (Å²) in [7, 11) is 0. The van der Waals surface area contributed by atoms with Gasteiger partial charge in [-0.25, -0.2) is 0 Å². The Morgan fingerprint density at radius 1 is 1.44 bits per heavy atom. The molecule has 1 saturated heterocycles. The van der Waals surface area contributed by atoms with Gasteiger partial charge >= 0.3 is 5.97 Å². The van der Waals surface area contributed by atoms with E-state index >= 15 is 0 Å². The Morgan fingerprint density at radius 2 is 2.11 bits per heavy atom. The first-order valence-corrected chi connectivity index (χ1v) is 7.39. The summed E-state index contributed by atoms with van der Waals surface area (Å²) in [6.07, 6.45) is 0. The van der Waals surface area contributed by atoms with Crippen LogP contribution in [0.1, 0.15) is 31.7 Å². The Kier molecular flexibility index (Phi) is 4.07. The molecule has 2 heterocycles. The summed E-state index contributed by atoms with van der Waals surface area (Å²) >= 11 is 1.79. The summed E-state index contributed by atoms with van der Waals surface area (Å²) < 4.78 is 0. The molecular weight excluding hydrogens is 246 g/mol. The summed E-state index contributed by atoms with van der Waals surface area (Å²) in [5, 5.41) is 11.1. The molecule has 1 aromatic rings. The number of nitrogens with zero attached hydrogens (tertiary/aromatic N) is 1. The second kappa shape index (κ2) is 5.41. The molecule has 1 aliphatic heterocycles. The van der Waals surface area contributed by atoms with Crippen LogP contribution in [0.15, 0.2) is 17.5 Å². The Hall–Kier alpha value is -0.870. The normalized spacial score (nSPS) is 20.7. The molecule has 1 aliphatic rings. The number of thiophene rings is 1. The van der Waals surface area contributed by atoms with Gasteiger partial charge < -0.3 is 5.11 Å². The van der Waals surface area contributed by atoms with Gasteiger partial charge in [-0.2, -0.15) is 0 Å². The fraction of sp³-hybridized carbons (Fsp3) is 0.643. The van der Waals surface area contributed by atoms with Crippen molar-refractivity contribution in [3.05, 3.63) is 22.4 Å². The Morgan fingerprint density at radius 3 is 2.56 bits per heavy atom. The van der Waals surface area contributed by atoms with E-state index in [2.05, 4.69) is 36.3 Å². The average Bonchev–Trinajstić information content (AvgIpc) is 2.73. The lowest BCUT2D eigenvalue weighted by Crippen LogP contribution is -2.53. The van der Waals surface area contributed by atoms with Crippen molar-refractivity contribution in [1.82, 2.24) is 4.90 Å². The third-order valence-electron chi connectivity index (χ3n) is 3.89. The third-order valence-corrected chi connectivity index (χ3v) is 4.84. The second-order valence-electron chi connectivity index (χ2n) is 5.55.